The van der Waals surface area contributed by atoms with E-state index in [1.54, 1.807) is 0 Å². The van der Waals surface area contributed by atoms with Crippen LogP contribution in [-0.4, -0.2) is 58.1 Å². The summed E-state index contributed by atoms with van der Waals surface area (Å²) >= 11 is 0. The molecule has 0 heterocycles. The van der Waals surface area contributed by atoms with Crippen molar-refractivity contribution in [2.45, 2.75) is 178 Å². The minimum atomic E-state index is -0.691. The molecule has 0 aromatic carbocycles. The molecule has 0 saturated heterocycles. The molecule has 0 amide bonds. The average Bonchev–Trinajstić information content (AvgIpc) is 3.72. The summed E-state index contributed by atoms with van der Waals surface area (Å²) in [6.45, 7) is 17.6. The number of methoxy groups -OCH3 is 1. The topological polar surface area (TPSA) is 138 Å². The number of Topliss-reactive ketones (excluding diaryl/α,β-unsaturated/α-hetero) is 2. The Kier molecular flexibility index (Phi) is 14.7. The number of carbonyl (C=O) groups is 4. The van der Waals surface area contributed by atoms with Gasteiger partial charge in [0.25, 0.3) is 0 Å². The van der Waals surface area contributed by atoms with E-state index in [2.05, 4.69) is 41.5 Å². The SMILES string of the molecule is C.CC[C@H]1C(=O)[C@@H]2[C@H](CC[C@]3(C)[C@@H]([C@H](C)C(=O)O)CC[C@@H]23)[C@@]2(C)CC[C@@H](O)C[C@@H]12.CC[C@H]1C(=O)[C@@H]2[C@H](CC[C@]3(C)[C@@H]([C@H](C)C(=O)O)CC[C@@H]23)[C@@]2(C)CC[C@@H](OC)C[C@@H]12.[V]. The van der Waals surface area contributed by atoms with E-state index < -0.39 is 11.9 Å². The zero-order chi connectivity index (χ0) is 41.6. The van der Waals surface area contributed by atoms with Crippen LogP contribution in [0, 0.1) is 105 Å². The molecule has 8 nitrogen and oxygen atoms in total. The molecule has 0 bridgehead atoms. The normalized spacial score (nSPS) is 49.3. The maximum Gasteiger partial charge on any atom is 0.306 e. The van der Waals surface area contributed by atoms with Crippen molar-refractivity contribution < 1.29 is 57.8 Å². The Balaban J connectivity index is 0.000000217. The first-order valence-electron chi connectivity index (χ1n) is 23.6. The number of ketones is 2. The minimum Gasteiger partial charge on any atom is -0.481 e. The zero-order valence-corrected chi connectivity index (χ0v) is 38.8. The summed E-state index contributed by atoms with van der Waals surface area (Å²) in [5, 5.41) is 29.6. The Morgan fingerprint density at radius 1 is 0.610 bits per heavy atom. The number of aliphatic carboxylic acids is 2. The number of aliphatic hydroxyl groups is 1. The van der Waals surface area contributed by atoms with Gasteiger partial charge in [-0.2, -0.15) is 0 Å². The van der Waals surface area contributed by atoms with Crippen LogP contribution in [0.2, 0.25) is 0 Å². The van der Waals surface area contributed by atoms with Gasteiger partial charge in [-0.25, -0.2) is 0 Å². The van der Waals surface area contributed by atoms with E-state index in [4.69, 9.17) is 4.74 Å². The Hall–Kier alpha value is -1.22. The van der Waals surface area contributed by atoms with Crippen LogP contribution in [0.1, 0.15) is 166 Å². The summed E-state index contributed by atoms with van der Waals surface area (Å²) in [7, 11) is 1.82. The number of carbonyl (C=O) groups excluding carboxylic acids is 2. The smallest absolute Gasteiger partial charge is 0.306 e. The molecule has 59 heavy (non-hydrogen) atoms. The fraction of sp³-hybridized carbons (Fsp3) is 0.920. The van der Waals surface area contributed by atoms with E-state index >= 15 is 0 Å². The summed E-state index contributed by atoms with van der Waals surface area (Å²) < 4.78 is 5.73. The molecular weight excluding hydrogens is 779 g/mol. The van der Waals surface area contributed by atoms with Crippen LogP contribution in [0.3, 0.4) is 0 Å². The molecule has 335 valence electrons. The Bertz CT molecular complexity index is 1570. The zero-order valence-electron chi connectivity index (χ0n) is 37.4. The number of fused-ring (bicyclic) bond motifs is 10. The van der Waals surface area contributed by atoms with Gasteiger partial charge in [0.15, 0.2) is 0 Å². The molecule has 8 saturated carbocycles. The van der Waals surface area contributed by atoms with Gasteiger partial charge in [0.2, 0.25) is 0 Å². The monoisotopic (exact) mass is 862 g/mol. The van der Waals surface area contributed by atoms with Crippen LogP contribution in [0.15, 0.2) is 0 Å². The molecular formula is C50H82O8V. The third kappa shape index (κ3) is 7.50. The molecule has 20 atom stereocenters. The van der Waals surface area contributed by atoms with Gasteiger partial charge in [-0.1, -0.05) is 62.8 Å². The minimum absolute atomic E-state index is 0. The van der Waals surface area contributed by atoms with Crippen molar-refractivity contribution in [1.82, 2.24) is 0 Å². The molecule has 1 radical (unpaired) electrons. The molecule has 8 rings (SSSR count). The molecule has 0 aromatic heterocycles. The fourth-order valence-corrected chi connectivity index (χ4v) is 17.5. The van der Waals surface area contributed by atoms with Crippen LogP contribution >= 0.6 is 0 Å². The van der Waals surface area contributed by atoms with E-state index in [0.717, 1.165) is 96.3 Å². The van der Waals surface area contributed by atoms with Crippen LogP contribution < -0.4 is 0 Å². The summed E-state index contributed by atoms with van der Waals surface area (Å²) in [5.41, 5.74) is 0.354. The second kappa shape index (κ2) is 17.7. The molecule has 0 unspecified atom stereocenters. The number of rotatable bonds is 7. The molecule has 8 aliphatic rings. The van der Waals surface area contributed by atoms with Gasteiger partial charge in [-0.3, -0.25) is 19.2 Å². The number of carboxylic acid groups (broad SMARTS) is 2. The van der Waals surface area contributed by atoms with Crippen molar-refractivity contribution in [1.29, 1.82) is 0 Å². The van der Waals surface area contributed by atoms with Gasteiger partial charge in [-0.05, 0) is 172 Å². The molecule has 0 spiro atoms. The van der Waals surface area contributed by atoms with Crippen LogP contribution in [-0.2, 0) is 42.5 Å². The van der Waals surface area contributed by atoms with Gasteiger partial charge in [0.05, 0.1) is 24.0 Å². The first-order chi connectivity index (χ1) is 26.8. The predicted octanol–water partition coefficient (Wildman–Crippen LogP) is 10.4. The van der Waals surface area contributed by atoms with Crippen molar-refractivity contribution >= 4 is 23.5 Å². The molecule has 9 heteroatoms. The first-order valence-corrected chi connectivity index (χ1v) is 23.6. The Morgan fingerprint density at radius 3 is 1.37 bits per heavy atom. The van der Waals surface area contributed by atoms with Crippen LogP contribution in [0.25, 0.3) is 0 Å². The maximum atomic E-state index is 13.9. The molecule has 8 fully saturated rings. The number of carboxylic acids is 2. The van der Waals surface area contributed by atoms with E-state index in [0.29, 0.717) is 53.2 Å². The summed E-state index contributed by atoms with van der Waals surface area (Å²) in [6, 6.07) is 0. The Labute approximate surface area is 369 Å². The number of ether oxygens (including phenoxy) is 1. The van der Waals surface area contributed by atoms with E-state index in [1.165, 1.54) is 6.42 Å². The number of hydrogen-bond donors (Lipinski definition) is 3. The molecule has 0 aromatic rings. The first kappa shape index (κ1) is 48.8. The largest absolute Gasteiger partial charge is 0.481 e. The molecule has 0 aliphatic heterocycles. The van der Waals surface area contributed by atoms with Gasteiger partial charge in [0, 0.05) is 49.3 Å². The van der Waals surface area contributed by atoms with Gasteiger partial charge in [0.1, 0.15) is 11.6 Å². The second-order valence-electron chi connectivity index (χ2n) is 22.3. The third-order valence-corrected chi connectivity index (χ3v) is 20.7. The maximum absolute atomic E-state index is 13.9. The summed E-state index contributed by atoms with van der Waals surface area (Å²) in [6.07, 6.45) is 16.0. The number of hydrogen-bond acceptors (Lipinski definition) is 6. The van der Waals surface area contributed by atoms with Crippen molar-refractivity contribution in [2.24, 2.45) is 105 Å². The summed E-state index contributed by atoms with van der Waals surface area (Å²) in [5.74, 6) is 2.14. The van der Waals surface area contributed by atoms with Crippen molar-refractivity contribution in [2.75, 3.05) is 7.11 Å². The van der Waals surface area contributed by atoms with Crippen molar-refractivity contribution in [3.8, 4) is 0 Å². The second-order valence-corrected chi connectivity index (χ2v) is 22.3. The van der Waals surface area contributed by atoms with Gasteiger partial charge in [-0.15, -0.1) is 0 Å². The number of aliphatic hydroxyl groups excluding tert-OH is 1. The quantitative estimate of drug-likeness (QED) is 0.230. The van der Waals surface area contributed by atoms with Gasteiger partial charge >= 0.3 is 11.9 Å². The van der Waals surface area contributed by atoms with Crippen molar-refractivity contribution in [3.05, 3.63) is 0 Å². The van der Waals surface area contributed by atoms with E-state index in [-0.39, 0.29) is 101 Å². The fourth-order valence-electron chi connectivity index (χ4n) is 17.5. The Morgan fingerprint density at radius 2 is 0.983 bits per heavy atom. The standard InChI is InChI=1S/C25H40O4.C24H38O4.CH4.V/c1-6-16-20-13-15(29-5)9-11-25(20,4)19-10-12-24(3)17(14(2)23(27)28)7-8-18(24)21(19)22(16)26;1-5-15-19-12-14(25)8-10-24(19,4)18-9-11-23(3)16(13(2)22(27)28)6-7-17(23)20(18)21(15)26;;/h14-21H,6-13H2,1-5H3,(H,27,28);13-20,25H,5-12H2,1-4H3,(H,27,28);1H4;/t14-,15+,16+,17+,18-,19-,20-,21-,24+,25+;13-,14+,15+,16+,17-,18-,19-,20-,23+,24+;;/m00../s1. The predicted molar refractivity (Wildman–Crippen MR) is 227 cm³/mol. The third-order valence-electron chi connectivity index (χ3n) is 20.7. The van der Waals surface area contributed by atoms with Crippen LogP contribution in [0.5, 0.6) is 0 Å². The van der Waals surface area contributed by atoms with Crippen LogP contribution in [0.4, 0.5) is 0 Å². The van der Waals surface area contributed by atoms with Crippen molar-refractivity contribution in [3.63, 3.8) is 0 Å². The van der Waals surface area contributed by atoms with E-state index in [9.17, 15) is 34.5 Å². The van der Waals surface area contributed by atoms with Gasteiger partial charge < -0.3 is 20.1 Å². The molecule has 8 aliphatic carbocycles. The molecule has 3 N–H and O–H groups in total. The van der Waals surface area contributed by atoms with E-state index in [1.807, 2.05) is 21.0 Å². The average molecular weight is 862 g/mol. The summed E-state index contributed by atoms with van der Waals surface area (Å²) in [4.78, 5) is 51.2.